The number of fused-ring (bicyclic) bond motifs is 1. The van der Waals surface area contributed by atoms with Crippen molar-refractivity contribution in [3.05, 3.63) is 24.3 Å². The maximum atomic E-state index is 12.1. The Hall–Kier alpha value is -0.850. The summed E-state index contributed by atoms with van der Waals surface area (Å²) in [4.78, 5) is 16.1. The van der Waals surface area contributed by atoms with Crippen LogP contribution in [0.2, 0.25) is 0 Å². The summed E-state index contributed by atoms with van der Waals surface area (Å²) < 4.78 is 5.58. The van der Waals surface area contributed by atoms with Crippen molar-refractivity contribution in [3.8, 4) is 0 Å². The highest BCUT2D eigenvalue weighted by Crippen LogP contribution is 2.50. The first-order chi connectivity index (χ1) is 10.3. The monoisotopic (exact) mass is 341 g/mol. The third kappa shape index (κ3) is 4.57. The van der Waals surface area contributed by atoms with Gasteiger partial charge in [0, 0.05) is 35.9 Å². The van der Waals surface area contributed by atoms with Crippen molar-refractivity contribution in [2.75, 3.05) is 20.2 Å². The lowest BCUT2D eigenvalue weighted by Gasteiger charge is -2.28. The number of hydrogen-bond donors (Lipinski definition) is 1. The fraction of sp³-hybridized carbons (Fsp3) is 0.562. The summed E-state index contributed by atoms with van der Waals surface area (Å²) in [5.74, 6) is -0.0000756. The number of carbonyl (C=O) groups is 1. The molecule has 0 spiro atoms. The Labute approximate surface area is 140 Å². The van der Waals surface area contributed by atoms with E-state index in [0.29, 0.717) is 6.54 Å². The number of carbonyl (C=O) groups excluding carboxylic acids is 1. The van der Waals surface area contributed by atoms with Gasteiger partial charge in [-0.1, -0.05) is 12.1 Å². The van der Waals surface area contributed by atoms with Crippen LogP contribution in [0.25, 0.3) is 0 Å². The third-order valence-corrected chi connectivity index (χ3v) is 6.33. The van der Waals surface area contributed by atoms with E-state index in [9.17, 15) is 9.90 Å². The van der Waals surface area contributed by atoms with E-state index in [1.165, 1.54) is 9.79 Å². The van der Waals surface area contributed by atoms with E-state index >= 15 is 0 Å². The Morgan fingerprint density at radius 3 is 2.32 bits per heavy atom. The van der Waals surface area contributed by atoms with E-state index in [1.807, 2.05) is 32.9 Å². The van der Waals surface area contributed by atoms with Crippen molar-refractivity contribution >= 4 is 29.6 Å². The first kappa shape index (κ1) is 17.5. The van der Waals surface area contributed by atoms with Crippen LogP contribution >= 0.6 is 23.5 Å². The lowest BCUT2D eigenvalue weighted by molar-refractivity contribution is 0.0261. The van der Waals surface area contributed by atoms with Crippen molar-refractivity contribution < 1.29 is 14.6 Å². The molecule has 1 amide bonds. The normalized spacial score (nSPS) is 16.2. The molecule has 4 nitrogen and oxygen atoms in total. The fourth-order valence-corrected chi connectivity index (χ4v) is 5.12. The Balaban J connectivity index is 1.95. The number of amides is 1. The van der Waals surface area contributed by atoms with Crippen molar-refractivity contribution in [2.24, 2.45) is 5.92 Å². The van der Waals surface area contributed by atoms with E-state index < -0.39 is 5.60 Å². The van der Waals surface area contributed by atoms with Crippen molar-refractivity contribution in [1.82, 2.24) is 4.90 Å². The van der Waals surface area contributed by atoms with Gasteiger partial charge in [0.2, 0.25) is 0 Å². The minimum Gasteiger partial charge on any atom is -0.444 e. The number of hydrogen-bond acceptors (Lipinski definition) is 5. The maximum absolute atomic E-state index is 12.1. The number of ether oxygens (including phenoxy) is 1. The van der Waals surface area contributed by atoms with Crippen molar-refractivity contribution in [1.29, 1.82) is 0 Å². The predicted molar refractivity (Wildman–Crippen MR) is 91.4 cm³/mol. The average Bonchev–Trinajstić information content (AvgIpc) is 2.86. The molecule has 0 saturated heterocycles. The number of aliphatic hydroxyl groups excluding tert-OH is 1. The number of nitrogens with zero attached hydrogens (tertiary/aromatic N) is 1. The van der Waals surface area contributed by atoms with E-state index in [-0.39, 0.29) is 23.2 Å². The second-order valence-electron chi connectivity index (χ2n) is 6.35. The SMILES string of the molecule is CN(C[C@@H](CO)C1Sc2ccccc2S1)C(=O)OC(C)(C)C. The molecule has 0 radical (unpaired) electrons. The Morgan fingerprint density at radius 1 is 1.32 bits per heavy atom. The molecule has 0 bridgehead atoms. The molecule has 1 aliphatic heterocycles. The van der Waals surface area contributed by atoms with Gasteiger partial charge in [-0.25, -0.2) is 4.79 Å². The summed E-state index contributed by atoms with van der Waals surface area (Å²) in [6.07, 6.45) is -0.350. The summed E-state index contributed by atoms with van der Waals surface area (Å²) in [5.41, 5.74) is -0.507. The highest BCUT2D eigenvalue weighted by Gasteiger charge is 2.32. The standard InChI is InChI=1S/C16H23NO3S2/c1-16(2,3)20-15(19)17(4)9-11(10-18)14-21-12-7-5-6-8-13(12)22-14/h5-8,11,14,18H,9-10H2,1-4H3/t11-/m0/s1. The molecule has 0 fully saturated rings. The molecule has 1 heterocycles. The summed E-state index contributed by atoms with van der Waals surface area (Å²) in [6, 6.07) is 8.24. The third-order valence-electron chi connectivity index (χ3n) is 3.17. The molecule has 1 N–H and O–H groups in total. The molecular weight excluding hydrogens is 318 g/mol. The van der Waals surface area contributed by atoms with E-state index in [2.05, 4.69) is 12.1 Å². The van der Waals surface area contributed by atoms with Crippen LogP contribution in [0.1, 0.15) is 20.8 Å². The lowest BCUT2D eigenvalue weighted by Crippen LogP contribution is -2.39. The van der Waals surface area contributed by atoms with Crippen LogP contribution in [0.3, 0.4) is 0 Å². The molecule has 2 rings (SSSR count). The van der Waals surface area contributed by atoms with Gasteiger partial charge < -0.3 is 14.7 Å². The first-order valence-electron chi connectivity index (χ1n) is 7.27. The summed E-state index contributed by atoms with van der Waals surface area (Å²) in [5, 5.41) is 9.72. The second-order valence-corrected chi connectivity index (χ2v) is 9.02. The van der Waals surface area contributed by atoms with Gasteiger partial charge >= 0.3 is 6.09 Å². The van der Waals surface area contributed by atoms with Crippen molar-refractivity contribution in [3.63, 3.8) is 0 Å². The number of thioether (sulfide) groups is 2. The Morgan fingerprint density at radius 2 is 1.86 bits per heavy atom. The lowest BCUT2D eigenvalue weighted by atomic mass is 10.2. The molecule has 0 unspecified atom stereocenters. The Kier molecular flexibility index (Phi) is 5.69. The summed E-state index contributed by atoms with van der Waals surface area (Å²) >= 11 is 3.52. The molecule has 22 heavy (non-hydrogen) atoms. The molecule has 0 aliphatic carbocycles. The zero-order valence-electron chi connectivity index (χ0n) is 13.4. The highest BCUT2D eigenvalue weighted by atomic mass is 32.2. The zero-order chi connectivity index (χ0) is 16.3. The largest absolute Gasteiger partial charge is 0.444 e. The molecular formula is C16H23NO3S2. The van der Waals surface area contributed by atoms with Crippen LogP contribution in [0.15, 0.2) is 34.1 Å². The van der Waals surface area contributed by atoms with Gasteiger partial charge in [0.05, 0.1) is 4.58 Å². The second kappa shape index (κ2) is 7.15. The maximum Gasteiger partial charge on any atom is 0.410 e. The fourth-order valence-electron chi connectivity index (χ4n) is 2.11. The van der Waals surface area contributed by atoms with Crippen LogP contribution < -0.4 is 0 Å². The van der Waals surface area contributed by atoms with Gasteiger partial charge in [0.15, 0.2) is 0 Å². The average molecular weight is 341 g/mol. The first-order valence-corrected chi connectivity index (χ1v) is 9.03. The molecule has 6 heteroatoms. The van der Waals surface area contributed by atoms with Crippen LogP contribution in [0.5, 0.6) is 0 Å². The molecule has 0 aromatic heterocycles. The molecule has 1 atom stereocenters. The minimum atomic E-state index is -0.507. The smallest absolute Gasteiger partial charge is 0.410 e. The Bertz CT molecular complexity index is 505. The summed E-state index contributed by atoms with van der Waals surface area (Å²) in [6.45, 7) is 6.07. The van der Waals surface area contributed by atoms with E-state index in [0.717, 1.165) is 0 Å². The molecule has 0 saturated carbocycles. The van der Waals surface area contributed by atoms with Gasteiger partial charge in [-0.15, -0.1) is 23.5 Å². The summed E-state index contributed by atoms with van der Waals surface area (Å²) in [7, 11) is 1.72. The number of benzene rings is 1. The molecule has 1 aromatic rings. The van der Waals surface area contributed by atoms with Crippen LogP contribution in [-0.4, -0.2) is 46.5 Å². The van der Waals surface area contributed by atoms with Gasteiger partial charge in [0.25, 0.3) is 0 Å². The molecule has 1 aromatic carbocycles. The van der Waals surface area contributed by atoms with Gasteiger partial charge in [0.1, 0.15) is 5.60 Å². The highest BCUT2D eigenvalue weighted by molar-refractivity contribution is 8.19. The van der Waals surface area contributed by atoms with Gasteiger partial charge in [-0.3, -0.25) is 0 Å². The number of rotatable bonds is 4. The quantitative estimate of drug-likeness (QED) is 0.905. The van der Waals surface area contributed by atoms with Crippen LogP contribution in [-0.2, 0) is 4.74 Å². The van der Waals surface area contributed by atoms with Crippen LogP contribution in [0.4, 0.5) is 4.79 Å². The number of aliphatic hydroxyl groups is 1. The van der Waals surface area contributed by atoms with Gasteiger partial charge in [-0.2, -0.15) is 0 Å². The molecule has 122 valence electrons. The topological polar surface area (TPSA) is 49.8 Å². The van der Waals surface area contributed by atoms with E-state index in [1.54, 1.807) is 35.5 Å². The predicted octanol–water partition coefficient (Wildman–Crippen LogP) is 3.69. The zero-order valence-corrected chi connectivity index (χ0v) is 15.0. The van der Waals surface area contributed by atoms with E-state index in [4.69, 9.17) is 4.74 Å². The minimum absolute atomic E-state index is 0.0000756. The van der Waals surface area contributed by atoms with Crippen LogP contribution in [0, 0.1) is 5.92 Å². The van der Waals surface area contributed by atoms with Gasteiger partial charge in [-0.05, 0) is 32.9 Å². The van der Waals surface area contributed by atoms with Crippen molar-refractivity contribution in [2.45, 2.75) is 40.7 Å². The molecule has 1 aliphatic rings.